The van der Waals surface area contributed by atoms with E-state index >= 15 is 0 Å². The van der Waals surface area contributed by atoms with Gasteiger partial charge in [0.05, 0.1) is 0 Å². The molecule has 0 spiro atoms. The molecule has 0 unspecified atom stereocenters. The van der Waals surface area contributed by atoms with Crippen LogP contribution in [0.2, 0.25) is 0 Å². The SMILES string of the molecule is S=c1nc(Cc2cccnc2)[nH][nH]1. The second kappa shape index (κ2) is 3.49. The number of aromatic amines is 2. The maximum absolute atomic E-state index is 4.84. The van der Waals surface area contributed by atoms with Gasteiger partial charge in [-0.1, -0.05) is 6.07 Å². The molecule has 0 radical (unpaired) electrons. The lowest BCUT2D eigenvalue weighted by Crippen LogP contribution is -1.90. The zero-order valence-corrected chi connectivity index (χ0v) is 7.64. The van der Waals surface area contributed by atoms with Gasteiger partial charge in [-0.15, -0.1) is 0 Å². The highest BCUT2D eigenvalue weighted by Crippen LogP contribution is 2.01. The van der Waals surface area contributed by atoms with E-state index in [2.05, 4.69) is 20.2 Å². The van der Waals surface area contributed by atoms with E-state index in [1.54, 1.807) is 6.20 Å². The third kappa shape index (κ3) is 2.00. The van der Waals surface area contributed by atoms with Crippen molar-refractivity contribution in [2.45, 2.75) is 6.42 Å². The molecule has 0 saturated heterocycles. The fourth-order valence-electron chi connectivity index (χ4n) is 1.08. The van der Waals surface area contributed by atoms with Gasteiger partial charge in [-0.25, -0.2) is 4.98 Å². The van der Waals surface area contributed by atoms with Gasteiger partial charge in [0.1, 0.15) is 5.82 Å². The first kappa shape index (κ1) is 8.12. The summed E-state index contributed by atoms with van der Waals surface area (Å²) in [5.74, 6) is 0.831. The number of nitrogens with zero attached hydrogens (tertiary/aromatic N) is 2. The highest BCUT2D eigenvalue weighted by atomic mass is 32.1. The molecular formula is C8H8N4S. The van der Waals surface area contributed by atoms with E-state index in [0.717, 1.165) is 17.8 Å². The van der Waals surface area contributed by atoms with Crippen molar-refractivity contribution in [3.8, 4) is 0 Å². The van der Waals surface area contributed by atoms with E-state index in [9.17, 15) is 0 Å². The molecule has 0 aliphatic carbocycles. The summed E-state index contributed by atoms with van der Waals surface area (Å²) in [6.45, 7) is 0. The van der Waals surface area contributed by atoms with Crippen LogP contribution in [0.15, 0.2) is 24.5 Å². The number of pyridine rings is 1. The Morgan fingerprint density at radius 1 is 1.38 bits per heavy atom. The third-order valence-corrected chi connectivity index (χ3v) is 1.84. The van der Waals surface area contributed by atoms with Crippen LogP contribution in [0.5, 0.6) is 0 Å². The molecule has 0 amide bonds. The molecule has 5 heteroatoms. The third-order valence-electron chi connectivity index (χ3n) is 1.64. The summed E-state index contributed by atoms with van der Waals surface area (Å²) in [6, 6.07) is 3.90. The predicted octanol–water partition coefficient (Wildman–Crippen LogP) is 1.45. The Hall–Kier alpha value is -1.49. The van der Waals surface area contributed by atoms with Gasteiger partial charge in [-0.05, 0) is 23.8 Å². The number of H-pyrrole nitrogens is 2. The summed E-state index contributed by atoms with van der Waals surface area (Å²) in [5.41, 5.74) is 1.11. The lowest BCUT2D eigenvalue weighted by molar-refractivity contribution is 0.966. The van der Waals surface area contributed by atoms with Crippen LogP contribution < -0.4 is 0 Å². The fourth-order valence-corrected chi connectivity index (χ4v) is 1.25. The second-order valence-electron chi connectivity index (χ2n) is 2.65. The van der Waals surface area contributed by atoms with Crippen LogP contribution in [-0.4, -0.2) is 20.2 Å². The Morgan fingerprint density at radius 3 is 2.92 bits per heavy atom. The molecule has 13 heavy (non-hydrogen) atoms. The van der Waals surface area contributed by atoms with Crippen LogP contribution >= 0.6 is 12.2 Å². The predicted molar refractivity (Wildman–Crippen MR) is 50.8 cm³/mol. The summed E-state index contributed by atoms with van der Waals surface area (Å²) in [4.78, 5) is 8.09. The van der Waals surface area contributed by atoms with Gasteiger partial charge in [0.15, 0.2) is 0 Å². The minimum absolute atomic E-state index is 0.485. The van der Waals surface area contributed by atoms with Gasteiger partial charge in [0.25, 0.3) is 0 Å². The molecule has 0 saturated carbocycles. The quantitative estimate of drug-likeness (QED) is 0.708. The van der Waals surface area contributed by atoms with Crippen LogP contribution in [0.1, 0.15) is 11.4 Å². The largest absolute Gasteiger partial charge is 0.285 e. The van der Waals surface area contributed by atoms with E-state index < -0.39 is 0 Å². The molecule has 0 bridgehead atoms. The Balaban J connectivity index is 2.20. The average Bonchev–Trinajstić information content (AvgIpc) is 2.53. The van der Waals surface area contributed by atoms with Crippen molar-refractivity contribution in [2.75, 3.05) is 0 Å². The lowest BCUT2D eigenvalue weighted by atomic mass is 10.2. The molecule has 0 fully saturated rings. The number of hydrogen-bond donors (Lipinski definition) is 2. The first-order valence-electron chi connectivity index (χ1n) is 3.87. The van der Waals surface area contributed by atoms with Crippen molar-refractivity contribution in [3.63, 3.8) is 0 Å². The van der Waals surface area contributed by atoms with Crippen molar-refractivity contribution in [1.82, 2.24) is 20.2 Å². The smallest absolute Gasteiger partial charge is 0.213 e. The van der Waals surface area contributed by atoms with E-state index in [1.807, 2.05) is 18.3 Å². The molecule has 0 aliphatic heterocycles. The highest BCUT2D eigenvalue weighted by Gasteiger charge is 1.97. The first-order chi connectivity index (χ1) is 6.34. The first-order valence-corrected chi connectivity index (χ1v) is 4.28. The van der Waals surface area contributed by atoms with E-state index in [4.69, 9.17) is 12.2 Å². The number of rotatable bonds is 2. The van der Waals surface area contributed by atoms with Crippen molar-refractivity contribution >= 4 is 12.2 Å². The van der Waals surface area contributed by atoms with Gasteiger partial charge in [-0.3, -0.25) is 15.2 Å². The second-order valence-corrected chi connectivity index (χ2v) is 3.04. The fraction of sp³-hybridized carbons (Fsp3) is 0.125. The summed E-state index contributed by atoms with van der Waals surface area (Å²) in [5, 5.41) is 5.63. The Kier molecular flexibility index (Phi) is 2.18. The summed E-state index contributed by atoms with van der Waals surface area (Å²) < 4.78 is 0.485. The van der Waals surface area contributed by atoms with Gasteiger partial charge < -0.3 is 0 Å². The minimum Gasteiger partial charge on any atom is -0.285 e. The summed E-state index contributed by atoms with van der Waals surface area (Å²) >= 11 is 4.84. The standard InChI is InChI=1S/C8H8N4S/c13-8-10-7(11-12-8)4-6-2-1-3-9-5-6/h1-3,5H,4H2,(H2,10,11,12,13). The maximum Gasteiger partial charge on any atom is 0.213 e. The molecule has 2 aromatic rings. The molecule has 0 atom stereocenters. The van der Waals surface area contributed by atoms with Crippen molar-refractivity contribution in [1.29, 1.82) is 0 Å². The van der Waals surface area contributed by atoms with Gasteiger partial charge in [0.2, 0.25) is 4.77 Å². The highest BCUT2D eigenvalue weighted by molar-refractivity contribution is 7.71. The molecule has 2 rings (SSSR count). The monoisotopic (exact) mass is 192 g/mol. The number of hydrogen-bond acceptors (Lipinski definition) is 3. The van der Waals surface area contributed by atoms with Crippen LogP contribution in [-0.2, 0) is 6.42 Å². The molecular weight excluding hydrogens is 184 g/mol. The summed E-state index contributed by atoms with van der Waals surface area (Å²) in [6.07, 6.45) is 4.28. The zero-order valence-electron chi connectivity index (χ0n) is 6.82. The molecule has 2 heterocycles. The molecule has 0 aliphatic rings. The Morgan fingerprint density at radius 2 is 2.31 bits per heavy atom. The zero-order chi connectivity index (χ0) is 9.10. The van der Waals surface area contributed by atoms with Crippen LogP contribution in [0, 0.1) is 4.77 Å². The molecule has 2 aromatic heterocycles. The van der Waals surface area contributed by atoms with Crippen molar-refractivity contribution < 1.29 is 0 Å². The minimum atomic E-state index is 0.485. The summed E-state index contributed by atoms with van der Waals surface area (Å²) in [7, 11) is 0. The van der Waals surface area contributed by atoms with Gasteiger partial charge in [-0.2, -0.15) is 0 Å². The van der Waals surface area contributed by atoms with Crippen LogP contribution in [0.25, 0.3) is 0 Å². The van der Waals surface area contributed by atoms with E-state index in [-0.39, 0.29) is 0 Å². The van der Waals surface area contributed by atoms with Crippen molar-refractivity contribution in [2.24, 2.45) is 0 Å². The number of nitrogens with one attached hydrogen (secondary N) is 2. The average molecular weight is 192 g/mol. The van der Waals surface area contributed by atoms with Crippen molar-refractivity contribution in [3.05, 3.63) is 40.7 Å². The lowest BCUT2D eigenvalue weighted by Gasteiger charge is -1.94. The Bertz CT molecular complexity index is 431. The molecule has 4 nitrogen and oxygen atoms in total. The van der Waals surface area contributed by atoms with E-state index in [1.165, 1.54) is 0 Å². The molecule has 66 valence electrons. The Labute approximate surface area is 80.0 Å². The topological polar surface area (TPSA) is 57.4 Å². The molecule has 2 N–H and O–H groups in total. The molecule has 0 aromatic carbocycles. The van der Waals surface area contributed by atoms with Gasteiger partial charge in [0, 0.05) is 18.8 Å². The maximum atomic E-state index is 4.84. The number of aromatic nitrogens is 4. The van der Waals surface area contributed by atoms with Gasteiger partial charge >= 0.3 is 0 Å². The normalized spacial score (nSPS) is 10.2. The van der Waals surface area contributed by atoms with Crippen LogP contribution in [0.4, 0.5) is 0 Å². The van der Waals surface area contributed by atoms with E-state index in [0.29, 0.717) is 4.77 Å². The van der Waals surface area contributed by atoms with Crippen LogP contribution in [0.3, 0.4) is 0 Å².